The van der Waals surface area contributed by atoms with Gasteiger partial charge in [-0.1, -0.05) is 6.92 Å². The lowest BCUT2D eigenvalue weighted by Crippen LogP contribution is -2.20. The molecular formula is C13H21N3O2. The quantitative estimate of drug-likeness (QED) is 0.718. The van der Waals surface area contributed by atoms with E-state index >= 15 is 0 Å². The molecule has 1 aromatic rings. The van der Waals surface area contributed by atoms with Gasteiger partial charge in [0.15, 0.2) is 0 Å². The zero-order valence-corrected chi connectivity index (χ0v) is 10.8. The number of unbranched alkanes of at least 4 members (excludes halogenated alkanes) is 1. The summed E-state index contributed by atoms with van der Waals surface area (Å²) in [5, 5.41) is 2.79. The van der Waals surface area contributed by atoms with Gasteiger partial charge in [-0.2, -0.15) is 0 Å². The maximum atomic E-state index is 11.6. The molecule has 3 N–H and O–H groups in total. The van der Waals surface area contributed by atoms with E-state index in [1.807, 2.05) is 6.92 Å². The first-order valence-electron chi connectivity index (χ1n) is 6.37. The average Bonchev–Trinajstić information content (AvgIpc) is 2.34. The molecule has 1 aromatic heterocycles. The highest BCUT2D eigenvalue weighted by Crippen LogP contribution is 2.05. The molecule has 0 fully saturated rings. The molecule has 100 valence electrons. The molecule has 0 aliphatic heterocycles. The maximum absolute atomic E-state index is 11.6. The lowest BCUT2D eigenvalue weighted by molar-refractivity contribution is -0.116. The summed E-state index contributed by atoms with van der Waals surface area (Å²) < 4.78 is 1.61. The predicted octanol–water partition coefficient (Wildman–Crippen LogP) is 1.33. The summed E-state index contributed by atoms with van der Waals surface area (Å²) in [5.74, 6) is -0.0369. The van der Waals surface area contributed by atoms with E-state index in [1.54, 1.807) is 16.8 Å². The van der Waals surface area contributed by atoms with Gasteiger partial charge in [-0.05, 0) is 31.9 Å². The summed E-state index contributed by atoms with van der Waals surface area (Å²) in [6, 6.07) is 3.11. The number of anilines is 1. The number of aryl methyl sites for hydroxylation is 1. The Hall–Kier alpha value is -1.62. The van der Waals surface area contributed by atoms with Crippen LogP contribution in [0.4, 0.5) is 5.69 Å². The first-order valence-corrected chi connectivity index (χ1v) is 6.37. The SMILES string of the molecule is CCCn1cc(NC(=O)CCCCN)ccc1=O. The first kappa shape index (κ1) is 14.4. The monoisotopic (exact) mass is 251 g/mol. The summed E-state index contributed by atoms with van der Waals surface area (Å²) in [5.41, 5.74) is 5.99. The van der Waals surface area contributed by atoms with E-state index in [0.29, 0.717) is 25.2 Å². The van der Waals surface area contributed by atoms with Crippen LogP contribution in [0.1, 0.15) is 32.6 Å². The third kappa shape index (κ3) is 4.71. The van der Waals surface area contributed by atoms with Gasteiger partial charge >= 0.3 is 0 Å². The highest BCUT2D eigenvalue weighted by Gasteiger charge is 2.03. The summed E-state index contributed by atoms with van der Waals surface area (Å²) in [6.45, 7) is 3.27. The topological polar surface area (TPSA) is 77.1 Å². The third-order valence-electron chi connectivity index (χ3n) is 2.59. The molecule has 0 atom stereocenters. The number of nitrogens with two attached hydrogens (primary N) is 1. The van der Waals surface area contributed by atoms with E-state index in [0.717, 1.165) is 19.3 Å². The minimum Gasteiger partial charge on any atom is -0.330 e. The normalized spacial score (nSPS) is 10.3. The van der Waals surface area contributed by atoms with Gasteiger partial charge in [0.25, 0.3) is 5.56 Å². The lowest BCUT2D eigenvalue weighted by Gasteiger charge is -2.08. The second-order valence-corrected chi connectivity index (χ2v) is 4.24. The zero-order valence-electron chi connectivity index (χ0n) is 10.8. The first-order chi connectivity index (χ1) is 8.67. The van der Waals surface area contributed by atoms with Crippen molar-refractivity contribution < 1.29 is 4.79 Å². The van der Waals surface area contributed by atoms with Gasteiger partial charge in [0.1, 0.15) is 0 Å². The number of rotatable bonds is 7. The fourth-order valence-electron chi connectivity index (χ4n) is 1.67. The van der Waals surface area contributed by atoms with Gasteiger partial charge in [-0.25, -0.2) is 0 Å². The standard InChI is InChI=1S/C13H21N3O2/c1-2-9-16-10-11(6-7-13(16)18)15-12(17)5-3-4-8-14/h6-7,10H,2-5,8-9,14H2,1H3,(H,15,17). The number of hydrogen-bond donors (Lipinski definition) is 2. The third-order valence-corrected chi connectivity index (χ3v) is 2.59. The lowest BCUT2D eigenvalue weighted by atomic mass is 10.2. The fourth-order valence-corrected chi connectivity index (χ4v) is 1.67. The Balaban J connectivity index is 2.59. The van der Waals surface area contributed by atoms with Crippen molar-refractivity contribution in [1.82, 2.24) is 4.57 Å². The molecule has 0 saturated carbocycles. The van der Waals surface area contributed by atoms with Crippen molar-refractivity contribution in [2.45, 2.75) is 39.2 Å². The number of nitrogens with one attached hydrogen (secondary N) is 1. The van der Waals surface area contributed by atoms with Crippen LogP contribution in [0.25, 0.3) is 0 Å². The molecule has 5 nitrogen and oxygen atoms in total. The number of carbonyl (C=O) groups excluding carboxylic acids is 1. The molecule has 18 heavy (non-hydrogen) atoms. The van der Waals surface area contributed by atoms with E-state index < -0.39 is 0 Å². The Morgan fingerprint density at radius 3 is 2.83 bits per heavy atom. The van der Waals surface area contributed by atoms with Gasteiger partial charge in [0, 0.05) is 25.2 Å². The highest BCUT2D eigenvalue weighted by atomic mass is 16.1. The van der Waals surface area contributed by atoms with Crippen LogP contribution >= 0.6 is 0 Å². The number of pyridine rings is 1. The summed E-state index contributed by atoms with van der Waals surface area (Å²) in [7, 11) is 0. The summed E-state index contributed by atoms with van der Waals surface area (Å²) in [4.78, 5) is 23.1. The van der Waals surface area contributed by atoms with Crippen molar-refractivity contribution in [3.63, 3.8) is 0 Å². The highest BCUT2D eigenvalue weighted by molar-refractivity contribution is 5.90. The van der Waals surface area contributed by atoms with Crippen LogP contribution in [0, 0.1) is 0 Å². The Kier molecular flexibility index (Phi) is 6.14. The maximum Gasteiger partial charge on any atom is 0.250 e. The van der Waals surface area contributed by atoms with Crippen molar-refractivity contribution in [2.24, 2.45) is 5.73 Å². The molecule has 1 amide bonds. The molecule has 0 saturated heterocycles. The molecule has 0 unspecified atom stereocenters. The second-order valence-electron chi connectivity index (χ2n) is 4.24. The van der Waals surface area contributed by atoms with E-state index in [1.165, 1.54) is 6.07 Å². The van der Waals surface area contributed by atoms with Gasteiger partial charge in [0.05, 0.1) is 5.69 Å². The second kappa shape index (κ2) is 7.66. The molecule has 5 heteroatoms. The van der Waals surface area contributed by atoms with Crippen molar-refractivity contribution in [3.05, 3.63) is 28.7 Å². The fraction of sp³-hybridized carbons (Fsp3) is 0.538. The van der Waals surface area contributed by atoms with E-state index in [4.69, 9.17) is 5.73 Å². The van der Waals surface area contributed by atoms with Crippen LogP contribution in [-0.2, 0) is 11.3 Å². The average molecular weight is 251 g/mol. The number of nitrogens with zero attached hydrogens (tertiary/aromatic N) is 1. The Morgan fingerprint density at radius 2 is 2.17 bits per heavy atom. The van der Waals surface area contributed by atoms with Crippen molar-refractivity contribution in [2.75, 3.05) is 11.9 Å². The smallest absolute Gasteiger partial charge is 0.250 e. The minimum absolute atomic E-state index is 0.0369. The minimum atomic E-state index is -0.0435. The molecule has 0 aliphatic carbocycles. The predicted molar refractivity (Wildman–Crippen MR) is 72.5 cm³/mol. The summed E-state index contributed by atoms with van der Waals surface area (Å²) >= 11 is 0. The molecule has 0 aliphatic rings. The van der Waals surface area contributed by atoms with Crippen LogP contribution in [0.2, 0.25) is 0 Å². The van der Waals surface area contributed by atoms with E-state index in [2.05, 4.69) is 5.32 Å². The van der Waals surface area contributed by atoms with Gasteiger partial charge in [0.2, 0.25) is 5.91 Å². The molecule has 0 bridgehead atoms. The van der Waals surface area contributed by atoms with Gasteiger partial charge in [-0.15, -0.1) is 0 Å². The van der Waals surface area contributed by atoms with Gasteiger partial charge in [-0.3, -0.25) is 9.59 Å². The number of amides is 1. The number of aromatic nitrogens is 1. The Labute approximate surface area is 107 Å². The molecular weight excluding hydrogens is 230 g/mol. The van der Waals surface area contributed by atoms with Crippen molar-refractivity contribution >= 4 is 11.6 Å². The van der Waals surface area contributed by atoms with Gasteiger partial charge < -0.3 is 15.6 Å². The van der Waals surface area contributed by atoms with Crippen LogP contribution < -0.4 is 16.6 Å². The number of carbonyl (C=O) groups is 1. The van der Waals surface area contributed by atoms with E-state index in [9.17, 15) is 9.59 Å². The zero-order chi connectivity index (χ0) is 13.4. The molecule has 0 aromatic carbocycles. The molecule has 1 rings (SSSR count). The molecule has 1 heterocycles. The largest absolute Gasteiger partial charge is 0.330 e. The van der Waals surface area contributed by atoms with Crippen molar-refractivity contribution in [1.29, 1.82) is 0 Å². The Morgan fingerprint density at radius 1 is 1.39 bits per heavy atom. The van der Waals surface area contributed by atoms with Crippen LogP contribution in [-0.4, -0.2) is 17.0 Å². The Bertz CT molecular complexity index is 440. The molecule has 0 radical (unpaired) electrons. The van der Waals surface area contributed by atoms with E-state index in [-0.39, 0.29) is 11.5 Å². The molecule has 0 spiro atoms. The summed E-state index contributed by atoms with van der Waals surface area (Å²) in [6.07, 6.45) is 4.67. The van der Waals surface area contributed by atoms with Crippen LogP contribution in [0.3, 0.4) is 0 Å². The van der Waals surface area contributed by atoms with Crippen molar-refractivity contribution in [3.8, 4) is 0 Å². The number of hydrogen-bond acceptors (Lipinski definition) is 3. The van der Waals surface area contributed by atoms with Crippen LogP contribution in [0.5, 0.6) is 0 Å². The van der Waals surface area contributed by atoms with Crippen LogP contribution in [0.15, 0.2) is 23.1 Å².